The number of anilines is 2. The third-order valence-corrected chi connectivity index (χ3v) is 6.17. The molecule has 1 unspecified atom stereocenters. The fraction of sp³-hybridized carbons (Fsp3) is 0.462. The number of aryl methyl sites for hydroxylation is 1. The summed E-state index contributed by atoms with van der Waals surface area (Å²) in [5.74, 6) is -0.592. The smallest absolute Gasteiger partial charge is 0.296 e. The molecule has 4 rings (SSSR count). The van der Waals surface area contributed by atoms with E-state index in [0.717, 1.165) is 18.4 Å². The molecule has 0 radical (unpaired) electrons. The third-order valence-electron chi connectivity index (χ3n) is 6.17. The Kier molecular flexibility index (Phi) is 7.75. The van der Waals surface area contributed by atoms with E-state index in [1.807, 2.05) is 19.1 Å². The number of rotatable bonds is 10. The van der Waals surface area contributed by atoms with E-state index in [9.17, 15) is 8.78 Å². The van der Waals surface area contributed by atoms with Gasteiger partial charge >= 0.3 is 0 Å². The lowest BCUT2D eigenvalue weighted by molar-refractivity contribution is -0.0698. The fourth-order valence-electron chi connectivity index (χ4n) is 4.25. The van der Waals surface area contributed by atoms with Crippen LogP contribution in [0.3, 0.4) is 0 Å². The molecule has 1 aromatic heterocycles. The summed E-state index contributed by atoms with van der Waals surface area (Å²) in [4.78, 5) is 9.13. The van der Waals surface area contributed by atoms with Crippen LogP contribution in [0.25, 0.3) is 10.9 Å². The van der Waals surface area contributed by atoms with Crippen molar-refractivity contribution in [3.63, 3.8) is 0 Å². The molecule has 0 aliphatic carbocycles. The summed E-state index contributed by atoms with van der Waals surface area (Å²) in [6.07, 6.45) is 0.953. The van der Waals surface area contributed by atoms with Gasteiger partial charge in [0.1, 0.15) is 18.2 Å². The summed E-state index contributed by atoms with van der Waals surface area (Å²) in [6, 6.07) is 7.64. The van der Waals surface area contributed by atoms with E-state index >= 15 is 0 Å². The van der Waals surface area contributed by atoms with Crippen LogP contribution in [0.2, 0.25) is 0 Å². The van der Waals surface area contributed by atoms with Gasteiger partial charge in [0.2, 0.25) is 0 Å². The van der Waals surface area contributed by atoms with Gasteiger partial charge < -0.3 is 30.0 Å². The van der Waals surface area contributed by atoms with Gasteiger partial charge in [-0.25, -0.2) is 9.97 Å². The van der Waals surface area contributed by atoms with Crippen LogP contribution < -0.4 is 20.5 Å². The highest BCUT2D eigenvalue weighted by atomic mass is 19.3. The second-order valence-corrected chi connectivity index (χ2v) is 9.07. The van der Waals surface area contributed by atoms with Crippen molar-refractivity contribution in [2.45, 2.75) is 32.2 Å². The van der Waals surface area contributed by atoms with Gasteiger partial charge in [0.05, 0.1) is 31.9 Å². The molecule has 8 nitrogen and oxygen atoms in total. The Morgan fingerprint density at radius 3 is 2.67 bits per heavy atom. The average molecular weight is 503 g/mol. The van der Waals surface area contributed by atoms with Gasteiger partial charge in [-0.05, 0) is 50.1 Å². The Morgan fingerprint density at radius 1 is 1.17 bits per heavy atom. The first-order chi connectivity index (χ1) is 17.2. The first kappa shape index (κ1) is 25.8. The Morgan fingerprint density at radius 2 is 1.97 bits per heavy atom. The lowest BCUT2D eigenvalue weighted by Crippen LogP contribution is -2.21. The van der Waals surface area contributed by atoms with Crippen LogP contribution in [0.4, 0.5) is 20.3 Å². The summed E-state index contributed by atoms with van der Waals surface area (Å²) in [5, 5.41) is 4.06. The van der Waals surface area contributed by atoms with E-state index in [1.54, 1.807) is 20.1 Å². The van der Waals surface area contributed by atoms with Crippen molar-refractivity contribution < 1.29 is 27.7 Å². The SMILES string of the molecule is COCC(F)(F)c1cc(N)cc([C@@H](C)Nc2nc(C)nc3cc(OC)c(OCC4CCOC4)cc23)c1. The normalized spacial score (nSPS) is 16.8. The maximum absolute atomic E-state index is 14.5. The summed E-state index contributed by atoms with van der Waals surface area (Å²) in [6.45, 7) is 4.84. The van der Waals surface area contributed by atoms with Gasteiger partial charge in [-0.2, -0.15) is 8.78 Å². The largest absolute Gasteiger partial charge is 0.493 e. The Bertz CT molecular complexity index is 1220. The zero-order chi connectivity index (χ0) is 25.9. The first-order valence-corrected chi connectivity index (χ1v) is 11.8. The number of benzene rings is 2. The molecular weight excluding hydrogens is 470 g/mol. The van der Waals surface area contributed by atoms with Crippen molar-refractivity contribution in [1.82, 2.24) is 9.97 Å². The summed E-state index contributed by atoms with van der Waals surface area (Å²) >= 11 is 0. The Hall–Kier alpha value is -3.24. The summed E-state index contributed by atoms with van der Waals surface area (Å²) < 4.78 is 50.8. The minimum Gasteiger partial charge on any atom is -0.493 e. The lowest BCUT2D eigenvalue weighted by Gasteiger charge is -2.21. The molecule has 0 saturated carbocycles. The molecule has 3 aromatic rings. The van der Waals surface area contributed by atoms with Crippen molar-refractivity contribution in [1.29, 1.82) is 0 Å². The minimum absolute atomic E-state index is 0.201. The number of nitrogens with two attached hydrogens (primary N) is 1. The number of aromatic nitrogens is 2. The van der Waals surface area contributed by atoms with Crippen LogP contribution >= 0.6 is 0 Å². The molecule has 36 heavy (non-hydrogen) atoms. The minimum atomic E-state index is -3.16. The molecule has 1 saturated heterocycles. The molecular formula is C26H32F2N4O4. The molecule has 1 aliphatic heterocycles. The molecule has 0 bridgehead atoms. The van der Waals surface area contributed by atoms with E-state index in [1.165, 1.54) is 19.2 Å². The van der Waals surface area contributed by atoms with Crippen LogP contribution in [0, 0.1) is 12.8 Å². The molecule has 0 amide bonds. The van der Waals surface area contributed by atoms with Crippen LogP contribution in [0.5, 0.6) is 11.5 Å². The molecule has 2 heterocycles. The van der Waals surface area contributed by atoms with Gasteiger partial charge in [0.15, 0.2) is 11.5 Å². The quantitative estimate of drug-likeness (QED) is 0.379. The van der Waals surface area contributed by atoms with E-state index in [4.69, 9.17) is 19.9 Å². The number of nitrogen functional groups attached to an aromatic ring is 1. The van der Waals surface area contributed by atoms with Gasteiger partial charge in [-0.3, -0.25) is 0 Å². The predicted octanol–water partition coefficient (Wildman–Crippen LogP) is 4.86. The number of hydrogen-bond acceptors (Lipinski definition) is 8. The van der Waals surface area contributed by atoms with E-state index in [2.05, 4.69) is 20.0 Å². The molecule has 1 fully saturated rings. The standard InChI is InChI=1S/C26H32F2N4O4/c1-15(18-7-19(9-20(29)8-18)26(27,28)14-33-3)30-25-21-10-24(36-13-17-5-6-35-12-17)23(34-4)11-22(21)31-16(2)32-25/h7-11,15,17H,5-6,12-14,29H2,1-4H3,(H,30,31,32)/t15-,17?/m1/s1. The lowest BCUT2D eigenvalue weighted by atomic mass is 10.00. The summed E-state index contributed by atoms with van der Waals surface area (Å²) in [7, 11) is 2.82. The molecule has 2 aromatic carbocycles. The second kappa shape index (κ2) is 10.8. The van der Waals surface area contributed by atoms with Crippen molar-refractivity contribution in [3.8, 4) is 11.5 Å². The molecule has 3 N–H and O–H groups in total. The van der Waals surface area contributed by atoms with E-state index in [0.29, 0.717) is 53.4 Å². The molecule has 1 aliphatic rings. The number of hydrogen-bond donors (Lipinski definition) is 2. The Labute approximate surface area is 209 Å². The van der Waals surface area contributed by atoms with Crippen molar-refractivity contribution in [2.75, 3.05) is 51.7 Å². The Balaban J connectivity index is 1.66. The van der Waals surface area contributed by atoms with Gasteiger partial charge in [0.25, 0.3) is 5.92 Å². The van der Waals surface area contributed by atoms with Crippen LogP contribution in [0.1, 0.15) is 36.3 Å². The number of methoxy groups -OCH3 is 2. The van der Waals surface area contributed by atoms with Crippen LogP contribution in [0.15, 0.2) is 30.3 Å². The topological polar surface area (TPSA) is 101 Å². The molecule has 10 heteroatoms. The average Bonchev–Trinajstić information content (AvgIpc) is 3.35. The molecule has 194 valence electrons. The van der Waals surface area contributed by atoms with Gasteiger partial charge in [0, 0.05) is 42.3 Å². The number of fused-ring (bicyclic) bond motifs is 1. The number of nitrogens with zero attached hydrogens (tertiary/aromatic N) is 2. The van der Waals surface area contributed by atoms with Crippen molar-refractivity contribution in [2.24, 2.45) is 5.92 Å². The van der Waals surface area contributed by atoms with Crippen LogP contribution in [-0.2, 0) is 15.4 Å². The van der Waals surface area contributed by atoms with Gasteiger partial charge in [-0.15, -0.1) is 0 Å². The maximum Gasteiger partial charge on any atom is 0.296 e. The second-order valence-electron chi connectivity index (χ2n) is 9.07. The number of halogens is 2. The molecule has 0 spiro atoms. The zero-order valence-corrected chi connectivity index (χ0v) is 20.9. The highest BCUT2D eigenvalue weighted by Crippen LogP contribution is 2.37. The first-order valence-electron chi connectivity index (χ1n) is 11.8. The maximum atomic E-state index is 14.5. The van der Waals surface area contributed by atoms with E-state index < -0.39 is 12.5 Å². The summed E-state index contributed by atoms with van der Waals surface area (Å²) in [5.41, 5.74) is 7.28. The zero-order valence-electron chi connectivity index (χ0n) is 20.9. The highest BCUT2D eigenvalue weighted by molar-refractivity contribution is 5.92. The number of ether oxygens (including phenoxy) is 4. The van der Waals surface area contributed by atoms with Crippen molar-refractivity contribution in [3.05, 3.63) is 47.3 Å². The van der Waals surface area contributed by atoms with Crippen molar-refractivity contribution >= 4 is 22.4 Å². The highest BCUT2D eigenvalue weighted by Gasteiger charge is 2.32. The van der Waals surface area contributed by atoms with Gasteiger partial charge in [-0.1, -0.05) is 0 Å². The number of nitrogens with one attached hydrogen (secondary N) is 1. The fourth-order valence-corrected chi connectivity index (χ4v) is 4.25. The predicted molar refractivity (Wildman–Crippen MR) is 134 cm³/mol. The number of alkyl halides is 2. The van der Waals surface area contributed by atoms with Crippen LogP contribution in [-0.4, -0.2) is 50.6 Å². The van der Waals surface area contributed by atoms with E-state index in [-0.39, 0.29) is 17.3 Å². The third kappa shape index (κ3) is 5.76. The molecule has 2 atom stereocenters. The monoisotopic (exact) mass is 502 g/mol.